The number of hydrogen-bond donors (Lipinski definition) is 1. The highest BCUT2D eigenvalue weighted by Crippen LogP contribution is 2.43. The molecule has 3 saturated heterocycles. The van der Waals surface area contributed by atoms with Gasteiger partial charge < -0.3 is 38.6 Å². The molecule has 0 spiro atoms. The summed E-state index contributed by atoms with van der Waals surface area (Å²) in [6, 6.07) is 4.67. The first-order chi connectivity index (χ1) is 27.4. The number of Topliss-reactive ketones (excluding diaryl/α,β-unsaturated/α-hetero) is 2. The van der Waals surface area contributed by atoms with Crippen molar-refractivity contribution in [2.24, 2.45) is 23.7 Å². The van der Waals surface area contributed by atoms with E-state index in [4.69, 9.17) is 23.7 Å². The number of ether oxygens (including phenoxy) is 5. The number of aliphatic hydroxyl groups is 1. The number of amides is 1. The minimum atomic E-state index is -1.40. The summed E-state index contributed by atoms with van der Waals surface area (Å²) in [5, 5.41) is 16.1. The molecule has 3 aliphatic rings. The average molecular weight is 812 g/mol. The molecular formula is C43H65N5O10. The Kier molecular flexibility index (Phi) is 14.6. The highest BCUT2D eigenvalue weighted by Gasteiger charge is 2.60. The summed E-state index contributed by atoms with van der Waals surface area (Å²) in [4.78, 5) is 64.5. The van der Waals surface area contributed by atoms with Gasteiger partial charge in [-0.15, -0.1) is 0 Å². The van der Waals surface area contributed by atoms with E-state index in [2.05, 4.69) is 10.1 Å². The summed E-state index contributed by atoms with van der Waals surface area (Å²) in [5.41, 5.74) is -0.941. The van der Waals surface area contributed by atoms with Gasteiger partial charge in [-0.05, 0) is 92.1 Å². The molecule has 5 heterocycles. The molecule has 0 aliphatic carbocycles. The van der Waals surface area contributed by atoms with Gasteiger partial charge in [0.15, 0.2) is 17.7 Å². The number of hydrogen-bond acceptors (Lipinski definition) is 13. The molecule has 2 aromatic heterocycles. The third-order valence-electron chi connectivity index (χ3n) is 12.8. The van der Waals surface area contributed by atoms with Crippen LogP contribution >= 0.6 is 0 Å². The monoisotopic (exact) mass is 811 g/mol. The number of ketones is 2. The van der Waals surface area contributed by atoms with Gasteiger partial charge in [-0.2, -0.15) is 5.10 Å². The van der Waals surface area contributed by atoms with Gasteiger partial charge in [-0.25, -0.2) is 4.79 Å². The second-order valence-corrected chi connectivity index (χ2v) is 17.3. The van der Waals surface area contributed by atoms with Crippen molar-refractivity contribution in [3.63, 3.8) is 0 Å². The Labute approximate surface area is 343 Å². The minimum Gasteiger partial charge on any atom is -0.458 e. The molecule has 3 fully saturated rings. The van der Waals surface area contributed by atoms with E-state index in [-0.39, 0.29) is 30.8 Å². The van der Waals surface area contributed by atoms with Crippen molar-refractivity contribution in [2.45, 2.75) is 148 Å². The number of aliphatic hydroxyl groups excluding tert-OH is 1. The predicted molar refractivity (Wildman–Crippen MR) is 214 cm³/mol. The molecule has 322 valence electrons. The van der Waals surface area contributed by atoms with Crippen LogP contribution < -0.4 is 0 Å². The third-order valence-corrected chi connectivity index (χ3v) is 12.8. The maximum Gasteiger partial charge on any atom is 0.410 e. The molecule has 0 bridgehead atoms. The fourth-order valence-corrected chi connectivity index (χ4v) is 9.42. The van der Waals surface area contributed by atoms with Gasteiger partial charge >= 0.3 is 12.1 Å². The molecule has 5 rings (SSSR count). The SMILES string of the molecule is CC[C@H]1OC(=O)[C@H](C)C(=O)[C@H](C)[C@@H](O[C@@H]2O[C@H](C)C[C@H](N(C)C)[C@H]2O)[C@](C)(OC)C[C@@H](C)C(=O)[C@H](C)[C@H]2N(CCCCn3ccc(-c4cccnc4)n3)C(=O)O[C@]12C. The number of carbonyl (C=O) groups is 4. The molecule has 1 N–H and O–H groups in total. The van der Waals surface area contributed by atoms with Gasteiger partial charge in [0.05, 0.1) is 29.5 Å². The maximum absolute atomic E-state index is 14.7. The summed E-state index contributed by atoms with van der Waals surface area (Å²) >= 11 is 0. The van der Waals surface area contributed by atoms with Crippen LogP contribution in [0.3, 0.4) is 0 Å². The van der Waals surface area contributed by atoms with Crippen LogP contribution in [0.25, 0.3) is 11.3 Å². The molecule has 0 radical (unpaired) electrons. The van der Waals surface area contributed by atoms with Crippen molar-refractivity contribution in [3.8, 4) is 11.3 Å². The van der Waals surface area contributed by atoms with Crippen LogP contribution in [0.2, 0.25) is 0 Å². The lowest BCUT2D eigenvalue weighted by atomic mass is 9.73. The molecule has 15 nitrogen and oxygen atoms in total. The number of esters is 1. The van der Waals surface area contributed by atoms with Crippen LogP contribution in [0.5, 0.6) is 0 Å². The van der Waals surface area contributed by atoms with E-state index >= 15 is 0 Å². The van der Waals surface area contributed by atoms with Gasteiger partial charge in [0.2, 0.25) is 0 Å². The molecule has 15 heteroatoms. The van der Waals surface area contributed by atoms with E-state index in [1.807, 2.05) is 68.8 Å². The molecule has 13 atom stereocenters. The van der Waals surface area contributed by atoms with Crippen molar-refractivity contribution in [2.75, 3.05) is 27.7 Å². The highest BCUT2D eigenvalue weighted by molar-refractivity contribution is 6.00. The Morgan fingerprint density at radius 1 is 1.00 bits per heavy atom. The maximum atomic E-state index is 14.7. The number of cyclic esters (lactones) is 1. The quantitative estimate of drug-likeness (QED) is 0.184. The summed E-state index contributed by atoms with van der Waals surface area (Å²) in [5.74, 6) is -4.96. The molecule has 0 unspecified atom stereocenters. The summed E-state index contributed by atoms with van der Waals surface area (Å²) in [6.45, 7) is 14.9. The standard InChI is InChI=1S/C43H65N5O10/c1-12-33-43(8)37(48(41(53)58-43)20-14-13-19-47-21-17-31(45-47)30-16-15-18-44-24-30)27(4)34(49)25(2)23-42(7,54-11)38(28(5)35(50)29(6)39(52)56-33)57-40-36(51)32(46(9)10)22-26(3)55-40/h15-18,21,24-29,32-33,36-38,40,51H,12-14,19-20,22-23H2,1-11H3/t25-,26-,27+,28+,29-,32+,33-,36-,37-,38-,40+,42-,43-/m1/s1. The molecule has 0 saturated carbocycles. The Hall–Kier alpha value is -3.76. The van der Waals surface area contributed by atoms with Gasteiger partial charge in [0.1, 0.15) is 23.9 Å². The van der Waals surface area contributed by atoms with Crippen LogP contribution in [-0.4, -0.2) is 135 Å². The number of carbonyl (C=O) groups excluding carboxylic acids is 4. The summed E-state index contributed by atoms with van der Waals surface area (Å²) < 4.78 is 33.1. The molecule has 2 aromatic rings. The van der Waals surface area contributed by atoms with Crippen molar-refractivity contribution < 1.29 is 48.0 Å². The molecule has 58 heavy (non-hydrogen) atoms. The van der Waals surface area contributed by atoms with Crippen LogP contribution in [0.15, 0.2) is 36.8 Å². The number of unbranched alkanes of at least 4 members (excludes halogenated alkanes) is 1. The van der Waals surface area contributed by atoms with Crippen LogP contribution in [0.4, 0.5) is 4.79 Å². The first-order valence-corrected chi connectivity index (χ1v) is 20.8. The van der Waals surface area contributed by atoms with E-state index in [0.717, 1.165) is 11.3 Å². The largest absolute Gasteiger partial charge is 0.458 e. The van der Waals surface area contributed by atoms with Crippen LogP contribution in [-0.2, 0) is 44.6 Å². The van der Waals surface area contributed by atoms with E-state index in [1.165, 1.54) is 14.0 Å². The zero-order valence-corrected chi connectivity index (χ0v) is 36.1. The Bertz CT molecular complexity index is 1740. The zero-order valence-electron chi connectivity index (χ0n) is 36.1. The van der Waals surface area contributed by atoms with Crippen molar-refractivity contribution in [1.82, 2.24) is 24.6 Å². The van der Waals surface area contributed by atoms with Gasteiger partial charge in [0, 0.05) is 68.1 Å². The summed E-state index contributed by atoms with van der Waals surface area (Å²) in [7, 11) is 5.24. The molecule has 1 amide bonds. The number of aromatic nitrogens is 3. The van der Waals surface area contributed by atoms with Crippen molar-refractivity contribution >= 4 is 23.6 Å². The number of rotatable bonds is 11. The smallest absolute Gasteiger partial charge is 0.410 e. The Balaban J connectivity index is 1.43. The number of fused-ring (bicyclic) bond motifs is 1. The molecule has 0 aromatic carbocycles. The topological polar surface area (TPSA) is 172 Å². The second-order valence-electron chi connectivity index (χ2n) is 17.3. The third kappa shape index (κ3) is 9.33. The lowest BCUT2D eigenvalue weighted by Crippen LogP contribution is -2.60. The van der Waals surface area contributed by atoms with E-state index in [9.17, 15) is 24.3 Å². The number of methoxy groups -OCH3 is 1. The van der Waals surface area contributed by atoms with Gasteiger partial charge in [-0.1, -0.05) is 27.7 Å². The number of aryl methyl sites for hydroxylation is 1. The molecule has 3 aliphatic heterocycles. The van der Waals surface area contributed by atoms with Gasteiger partial charge in [0.25, 0.3) is 0 Å². The second kappa shape index (κ2) is 18.7. The fourth-order valence-electron chi connectivity index (χ4n) is 9.42. The fraction of sp³-hybridized carbons (Fsp3) is 0.721. The normalized spacial score (nSPS) is 36.7. The minimum absolute atomic E-state index is 0.129. The van der Waals surface area contributed by atoms with E-state index < -0.39 is 83.4 Å². The lowest BCUT2D eigenvalue weighted by molar-refractivity contribution is -0.295. The highest BCUT2D eigenvalue weighted by atomic mass is 16.7. The van der Waals surface area contributed by atoms with E-state index in [0.29, 0.717) is 32.4 Å². The van der Waals surface area contributed by atoms with Crippen molar-refractivity contribution in [1.29, 1.82) is 0 Å². The van der Waals surface area contributed by atoms with Crippen LogP contribution in [0, 0.1) is 23.7 Å². The van der Waals surface area contributed by atoms with Gasteiger partial charge in [-0.3, -0.25) is 24.0 Å². The summed E-state index contributed by atoms with van der Waals surface area (Å²) in [6.07, 6.45) is 2.59. The number of nitrogens with zero attached hydrogens (tertiary/aromatic N) is 5. The Morgan fingerprint density at radius 2 is 1.71 bits per heavy atom. The van der Waals surface area contributed by atoms with Crippen molar-refractivity contribution in [3.05, 3.63) is 36.8 Å². The number of pyridine rings is 1. The van der Waals surface area contributed by atoms with E-state index in [1.54, 1.807) is 45.0 Å². The Morgan fingerprint density at radius 3 is 2.34 bits per heavy atom. The number of likely N-dealkylation sites (N-methyl/N-ethyl adjacent to an activating group) is 1. The predicted octanol–water partition coefficient (Wildman–Crippen LogP) is 4.93. The van der Waals surface area contributed by atoms with Crippen LogP contribution in [0.1, 0.15) is 87.5 Å². The zero-order chi connectivity index (χ0) is 42.7. The lowest BCUT2D eigenvalue weighted by Gasteiger charge is -2.47. The molecular weight excluding hydrogens is 746 g/mol. The first-order valence-electron chi connectivity index (χ1n) is 20.8. The average Bonchev–Trinajstić information content (AvgIpc) is 3.78. The first kappa shape index (κ1) is 45.3.